The number of benzene rings is 2. The molecule has 0 radical (unpaired) electrons. The molecule has 3 heterocycles. The van der Waals surface area contributed by atoms with E-state index in [0.717, 1.165) is 45.9 Å². The standard InChI is InChI=1S/C24H26N6S.CH4/c1-16-11-26-12-17(2)30(16)21-8-6-18(7-9-21)20-13-27-24-23(14-28-29(24)15-20)19-4-3-5-22(10-19)31-25;/h3-10,13-17,26H,11-12,25H2,1-2H3;1H4. The zero-order valence-corrected chi connectivity index (χ0v) is 18.5. The predicted octanol–water partition coefficient (Wildman–Crippen LogP) is 4.85. The van der Waals surface area contributed by atoms with Crippen LogP contribution in [0.15, 0.2) is 72.0 Å². The van der Waals surface area contributed by atoms with Crippen molar-refractivity contribution in [2.45, 2.75) is 38.3 Å². The van der Waals surface area contributed by atoms with E-state index in [1.165, 1.54) is 17.6 Å². The van der Waals surface area contributed by atoms with Gasteiger partial charge in [0.25, 0.3) is 0 Å². The quantitative estimate of drug-likeness (QED) is 0.437. The lowest BCUT2D eigenvalue weighted by atomic mass is 10.0. The first-order chi connectivity index (χ1) is 15.1. The summed E-state index contributed by atoms with van der Waals surface area (Å²) in [5.74, 6) is 0. The summed E-state index contributed by atoms with van der Waals surface area (Å²) in [4.78, 5) is 8.24. The highest BCUT2D eigenvalue weighted by atomic mass is 32.2. The van der Waals surface area contributed by atoms with Crippen molar-refractivity contribution in [1.29, 1.82) is 0 Å². The van der Waals surface area contributed by atoms with Gasteiger partial charge < -0.3 is 10.2 Å². The van der Waals surface area contributed by atoms with Gasteiger partial charge in [-0.3, -0.25) is 5.14 Å². The number of fused-ring (bicyclic) bond motifs is 1. The van der Waals surface area contributed by atoms with Crippen LogP contribution in [0.2, 0.25) is 0 Å². The molecule has 0 aliphatic carbocycles. The van der Waals surface area contributed by atoms with Crippen LogP contribution >= 0.6 is 11.9 Å². The lowest BCUT2D eigenvalue weighted by Gasteiger charge is -2.41. The smallest absolute Gasteiger partial charge is 0.162 e. The Balaban J connectivity index is 0.00000245. The Kier molecular flexibility index (Phi) is 6.50. The molecular formula is C25H30N6S. The van der Waals surface area contributed by atoms with Crippen molar-refractivity contribution < 1.29 is 0 Å². The van der Waals surface area contributed by atoms with Crippen molar-refractivity contribution in [3.63, 3.8) is 0 Å². The Hall–Kier alpha value is -2.87. The van der Waals surface area contributed by atoms with E-state index in [1.54, 1.807) is 0 Å². The molecule has 32 heavy (non-hydrogen) atoms. The van der Waals surface area contributed by atoms with Crippen LogP contribution in [0.3, 0.4) is 0 Å². The highest BCUT2D eigenvalue weighted by molar-refractivity contribution is 7.97. The lowest BCUT2D eigenvalue weighted by Crippen LogP contribution is -2.55. The fourth-order valence-corrected chi connectivity index (χ4v) is 4.78. The van der Waals surface area contributed by atoms with E-state index in [-0.39, 0.29) is 7.43 Å². The van der Waals surface area contributed by atoms with Gasteiger partial charge in [0, 0.05) is 59.3 Å². The molecule has 6 nitrogen and oxygen atoms in total. The number of nitrogens with two attached hydrogens (primary N) is 1. The molecule has 1 aliphatic heterocycles. The van der Waals surface area contributed by atoms with Crippen molar-refractivity contribution in [2.24, 2.45) is 5.14 Å². The molecule has 2 atom stereocenters. The maximum atomic E-state index is 5.72. The average Bonchev–Trinajstić information content (AvgIpc) is 3.23. The minimum Gasteiger partial charge on any atom is -0.364 e. The van der Waals surface area contributed by atoms with E-state index in [2.05, 4.69) is 65.6 Å². The maximum Gasteiger partial charge on any atom is 0.162 e. The third-order valence-electron chi connectivity index (χ3n) is 5.97. The molecule has 1 aliphatic rings. The Morgan fingerprint density at radius 1 is 0.969 bits per heavy atom. The van der Waals surface area contributed by atoms with Crippen LogP contribution in [0, 0.1) is 0 Å². The first-order valence-electron chi connectivity index (χ1n) is 10.5. The SMILES string of the molecule is C.CC1CNCC(C)N1c1ccc(-c2cnc3c(-c4cccc(SN)c4)cnn3c2)cc1. The summed E-state index contributed by atoms with van der Waals surface area (Å²) >= 11 is 1.24. The average molecular weight is 447 g/mol. The molecule has 5 rings (SSSR count). The summed E-state index contributed by atoms with van der Waals surface area (Å²) < 4.78 is 1.85. The Bertz CT molecular complexity index is 1190. The van der Waals surface area contributed by atoms with Crippen LogP contribution in [0.25, 0.3) is 27.9 Å². The van der Waals surface area contributed by atoms with Crippen LogP contribution in [0.4, 0.5) is 5.69 Å². The molecule has 0 bridgehead atoms. The van der Waals surface area contributed by atoms with E-state index < -0.39 is 0 Å². The number of nitrogens with one attached hydrogen (secondary N) is 1. The summed E-state index contributed by atoms with van der Waals surface area (Å²) in [6.45, 7) is 6.57. The fraction of sp³-hybridized carbons (Fsp3) is 0.280. The second-order valence-electron chi connectivity index (χ2n) is 8.13. The van der Waals surface area contributed by atoms with Gasteiger partial charge >= 0.3 is 0 Å². The van der Waals surface area contributed by atoms with Gasteiger partial charge in [-0.1, -0.05) is 31.7 Å². The summed E-state index contributed by atoms with van der Waals surface area (Å²) in [5, 5.41) is 13.8. The molecule has 166 valence electrons. The minimum atomic E-state index is 0. The van der Waals surface area contributed by atoms with Gasteiger partial charge in [0.1, 0.15) is 0 Å². The van der Waals surface area contributed by atoms with Gasteiger partial charge in [-0.2, -0.15) is 5.10 Å². The summed E-state index contributed by atoms with van der Waals surface area (Å²) in [7, 11) is 0. The normalized spacial score (nSPS) is 18.5. The molecule has 4 aromatic rings. The van der Waals surface area contributed by atoms with Gasteiger partial charge in [0.2, 0.25) is 0 Å². The minimum absolute atomic E-state index is 0. The van der Waals surface area contributed by atoms with E-state index in [1.807, 2.05) is 35.2 Å². The molecule has 0 spiro atoms. The third-order valence-corrected chi connectivity index (χ3v) is 6.49. The molecule has 2 aromatic carbocycles. The molecule has 0 amide bonds. The lowest BCUT2D eigenvalue weighted by molar-refractivity contribution is 0.432. The van der Waals surface area contributed by atoms with E-state index in [9.17, 15) is 0 Å². The molecular weight excluding hydrogens is 416 g/mol. The first kappa shape index (κ1) is 22.3. The third kappa shape index (κ3) is 4.11. The maximum absolute atomic E-state index is 5.72. The van der Waals surface area contributed by atoms with Crippen molar-refractivity contribution in [1.82, 2.24) is 19.9 Å². The number of anilines is 1. The molecule has 7 heteroatoms. The van der Waals surface area contributed by atoms with Gasteiger partial charge in [0.15, 0.2) is 5.65 Å². The Labute approximate surface area is 194 Å². The van der Waals surface area contributed by atoms with Crippen LogP contribution in [0.1, 0.15) is 21.3 Å². The number of rotatable bonds is 4. The molecule has 1 saturated heterocycles. The second kappa shape index (κ2) is 9.32. The fourth-order valence-electron chi connectivity index (χ4n) is 4.43. The number of aromatic nitrogens is 3. The zero-order chi connectivity index (χ0) is 21.4. The van der Waals surface area contributed by atoms with Crippen LogP contribution < -0.4 is 15.4 Å². The van der Waals surface area contributed by atoms with Crippen molar-refractivity contribution in [3.05, 3.63) is 67.1 Å². The molecule has 2 unspecified atom stereocenters. The number of nitrogens with zero attached hydrogens (tertiary/aromatic N) is 4. The summed E-state index contributed by atoms with van der Waals surface area (Å²) in [6, 6.07) is 17.8. The molecule has 0 saturated carbocycles. The largest absolute Gasteiger partial charge is 0.364 e. The Morgan fingerprint density at radius 3 is 2.44 bits per heavy atom. The number of hydrogen-bond donors (Lipinski definition) is 2. The van der Waals surface area contributed by atoms with Crippen molar-refractivity contribution >= 4 is 23.3 Å². The molecule has 1 fully saturated rings. The topological polar surface area (TPSA) is 71.5 Å². The number of piperazine rings is 1. The van der Waals surface area contributed by atoms with Gasteiger partial charge in [-0.25, -0.2) is 9.50 Å². The summed E-state index contributed by atoms with van der Waals surface area (Å²) in [5.41, 5.74) is 6.34. The van der Waals surface area contributed by atoms with E-state index in [0.29, 0.717) is 12.1 Å². The van der Waals surface area contributed by atoms with Gasteiger partial charge in [0.05, 0.1) is 6.20 Å². The zero-order valence-electron chi connectivity index (χ0n) is 17.7. The molecule has 3 N–H and O–H groups in total. The van der Waals surface area contributed by atoms with Crippen LogP contribution in [-0.4, -0.2) is 39.8 Å². The van der Waals surface area contributed by atoms with Crippen molar-refractivity contribution in [3.8, 4) is 22.3 Å². The second-order valence-corrected chi connectivity index (χ2v) is 8.83. The Morgan fingerprint density at radius 2 is 1.72 bits per heavy atom. The monoisotopic (exact) mass is 446 g/mol. The summed E-state index contributed by atoms with van der Waals surface area (Å²) in [6.07, 6.45) is 5.83. The molecule has 2 aromatic heterocycles. The predicted molar refractivity (Wildman–Crippen MR) is 135 cm³/mol. The highest BCUT2D eigenvalue weighted by Crippen LogP contribution is 2.29. The van der Waals surface area contributed by atoms with Gasteiger partial charge in [-0.05, 0) is 61.2 Å². The number of hydrogen-bond acceptors (Lipinski definition) is 6. The van der Waals surface area contributed by atoms with Crippen molar-refractivity contribution in [2.75, 3.05) is 18.0 Å². The van der Waals surface area contributed by atoms with E-state index >= 15 is 0 Å². The highest BCUT2D eigenvalue weighted by Gasteiger charge is 2.24. The van der Waals surface area contributed by atoms with Gasteiger partial charge in [-0.15, -0.1) is 0 Å². The van der Waals surface area contributed by atoms with Crippen LogP contribution in [0.5, 0.6) is 0 Å². The first-order valence-corrected chi connectivity index (χ1v) is 11.4. The van der Waals surface area contributed by atoms with E-state index in [4.69, 9.17) is 10.1 Å². The van der Waals surface area contributed by atoms with Crippen LogP contribution in [-0.2, 0) is 0 Å².